The van der Waals surface area contributed by atoms with Crippen LogP contribution in [-0.4, -0.2) is 13.6 Å². The van der Waals surface area contributed by atoms with Crippen molar-refractivity contribution in [1.29, 1.82) is 0 Å². The summed E-state index contributed by atoms with van der Waals surface area (Å²) in [6.07, 6.45) is 3.79. The van der Waals surface area contributed by atoms with Crippen LogP contribution in [0, 0.1) is 0 Å². The van der Waals surface area contributed by atoms with Crippen molar-refractivity contribution in [2.24, 2.45) is 0 Å². The summed E-state index contributed by atoms with van der Waals surface area (Å²) in [4.78, 5) is 0. The summed E-state index contributed by atoms with van der Waals surface area (Å²) in [5.74, 6) is 0.941. The Labute approximate surface area is 127 Å². The van der Waals surface area contributed by atoms with E-state index in [2.05, 4.69) is 42.2 Å². The van der Waals surface area contributed by atoms with Gasteiger partial charge in [-0.05, 0) is 49.2 Å². The van der Waals surface area contributed by atoms with Gasteiger partial charge >= 0.3 is 0 Å². The molecule has 0 aliphatic rings. The molecular formula is C19H23NO. The molecule has 21 heavy (non-hydrogen) atoms. The third kappa shape index (κ3) is 4.76. The molecule has 0 aliphatic carbocycles. The lowest BCUT2D eigenvalue weighted by Crippen LogP contribution is -2.10. The Morgan fingerprint density at radius 2 is 1.76 bits per heavy atom. The quantitative estimate of drug-likeness (QED) is 0.744. The van der Waals surface area contributed by atoms with E-state index in [9.17, 15) is 0 Å². The largest absolute Gasteiger partial charge is 0.489 e. The zero-order valence-electron chi connectivity index (χ0n) is 12.6. The van der Waals surface area contributed by atoms with Crippen LogP contribution in [0.5, 0.6) is 5.75 Å². The highest BCUT2D eigenvalue weighted by molar-refractivity contribution is 5.35. The monoisotopic (exact) mass is 281 g/mol. The molecule has 2 aromatic rings. The van der Waals surface area contributed by atoms with E-state index < -0.39 is 0 Å². The first-order chi connectivity index (χ1) is 10.3. The SMILES string of the molecule is C=CCc1ccccc1OCc1ccc(CCNC)cc1. The Balaban J connectivity index is 1.95. The topological polar surface area (TPSA) is 21.3 Å². The molecule has 0 aromatic heterocycles. The van der Waals surface area contributed by atoms with Gasteiger partial charge in [-0.25, -0.2) is 0 Å². The summed E-state index contributed by atoms with van der Waals surface area (Å²) in [5, 5.41) is 3.16. The van der Waals surface area contributed by atoms with E-state index in [1.54, 1.807) is 0 Å². The fourth-order valence-electron chi connectivity index (χ4n) is 2.20. The predicted molar refractivity (Wildman–Crippen MR) is 88.7 cm³/mol. The Bertz CT molecular complexity index is 560. The number of ether oxygens (including phenoxy) is 1. The fourth-order valence-corrected chi connectivity index (χ4v) is 2.20. The number of nitrogens with one attached hydrogen (secondary N) is 1. The van der Waals surface area contributed by atoms with Crippen molar-refractivity contribution in [2.45, 2.75) is 19.4 Å². The summed E-state index contributed by atoms with van der Waals surface area (Å²) in [6, 6.07) is 16.8. The van der Waals surface area contributed by atoms with Crippen molar-refractivity contribution in [3.05, 3.63) is 77.9 Å². The molecule has 0 amide bonds. The standard InChI is InChI=1S/C19H23NO/c1-3-6-18-7-4-5-8-19(18)21-15-17-11-9-16(10-12-17)13-14-20-2/h3-5,7-12,20H,1,6,13-15H2,2H3. The van der Waals surface area contributed by atoms with Crippen LogP contribution in [0.1, 0.15) is 16.7 Å². The molecule has 0 bridgehead atoms. The molecule has 0 spiro atoms. The maximum absolute atomic E-state index is 5.94. The summed E-state index contributed by atoms with van der Waals surface area (Å²) in [5.41, 5.74) is 3.72. The van der Waals surface area contributed by atoms with Gasteiger partial charge in [0, 0.05) is 0 Å². The van der Waals surface area contributed by atoms with E-state index in [1.165, 1.54) is 16.7 Å². The lowest BCUT2D eigenvalue weighted by Gasteiger charge is -2.11. The molecule has 2 nitrogen and oxygen atoms in total. The number of benzene rings is 2. The molecule has 0 saturated heterocycles. The second-order valence-corrected chi connectivity index (χ2v) is 5.06. The lowest BCUT2D eigenvalue weighted by molar-refractivity contribution is 0.303. The third-order valence-electron chi connectivity index (χ3n) is 3.42. The molecule has 2 aromatic carbocycles. The summed E-state index contributed by atoms with van der Waals surface area (Å²) < 4.78 is 5.94. The second kappa shape index (κ2) is 8.28. The van der Waals surface area contributed by atoms with E-state index in [-0.39, 0.29) is 0 Å². The Morgan fingerprint density at radius 1 is 1.05 bits per heavy atom. The summed E-state index contributed by atoms with van der Waals surface area (Å²) in [6.45, 7) is 5.39. The first-order valence-corrected chi connectivity index (χ1v) is 7.37. The molecule has 0 fully saturated rings. The molecule has 2 rings (SSSR count). The van der Waals surface area contributed by atoms with E-state index in [4.69, 9.17) is 4.74 Å². The van der Waals surface area contributed by atoms with Crippen molar-refractivity contribution >= 4 is 0 Å². The van der Waals surface area contributed by atoms with Gasteiger partial charge in [0.25, 0.3) is 0 Å². The van der Waals surface area contributed by atoms with Crippen LogP contribution < -0.4 is 10.1 Å². The van der Waals surface area contributed by atoms with E-state index >= 15 is 0 Å². The van der Waals surface area contributed by atoms with E-state index in [1.807, 2.05) is 31.3 Å². The van der Waals surface area contributed by atoms with Crippen LogP contribution in [0.2, 0.25) is 0 Å². The van der Waals surface area contributed by atoms with Crippen molar-refractivity contribution in [3.63, 3.8) is 0 Å². The van der Waals surface area contributed by atoms with Crippen LogP contribution in [0.25, 0.3) is 0 Å². The second-order valence-electron chi connectivity index (χ2n) is 5.06. The number of para-hydroxylation sites is 1. The van der Waals surface area contributed by atoms with Gasteiger partial charge in [-0.2, -0.15) is 0 Å². The average molecular weight is 281 g/mol. The first-order valence-electron chi connectivity index (χ1n) is 7.37. The van der Waals surface area contributed by atoms with Crippen LogP contribution >= 0.6 is 0 Å². The summed E-state index contributed by atoms with van der Waals surface area (Å²) >= 11 is 0. The zero-order valence-corrected chi connectivity index (χ0v) is 12.6. The first kappa shape index (κ1) is 15.3. The molecule has 0 saturated carbocycles. The number of likely N-dealkylation sites (N-methyl/N-ethyl adjacent to an activating group) is 1. The normalized spacial score (nSPS) is 10.3. The molecule has 110 valence electrons. The maximum Gasteiger partial charge on any atom is 0.123 e. The van der Waals surface area contributed by atoms with Gasteiger partial charge in [0.1, 0.15) is 12.4 Å². The molecule has 0 unspecified atom stereocenters. The fraction of sp³-hybridized carbons (Fsp3) is 0.263. The smallest absolute Gasteiger partial charge is 0.123 e. The number of hydrogen-bond donors (Lipinski definition) is 1. The van der Waals surface area contributed by atoms with Gasteiger partial charge in [0.05, 0.1) is 0 Å². The van der Waals surface area contributed by atoms with Gasteiger partial charge in [0.2, 0.25) is 0 Å². The van der Waals surface area contributed by atoms with Gasteiger partial charge in [-0.1, -0.05) is 48.5 Å². The van der Waals surface area contributed by atoms with Gasteiger partial charge in [-0.15, -0.1) is 6.58 Å². The van der Waals surface area contributed by atoms with Gasteiger partial charge in [-0.3, -0.25) is 0 Å². The highest BCUT2D eigenvalue weighted by Gasteiger charge is 2.02. The number of rotatable bonds is 8. The molecule has 0 heterocycles. The van der Waals surface area contributed by atoms with Crippen molar-refractivity contribution in [2.75, 3.05) is 13.6 Å². The minimum Gasteiger partial charge on any atom is -0.489 e. The lowest BCUT2D eigenvalue weighted by atomic mass is 10.1. The van der Waals surface area contributed by atoms with Crippen LogP contribution in [-0.2, 0) is 19.4 Å². The highest BCUT2D eigenvalue weighted by Crippen LogP contribution is 2.20. The minimum atomic E-state index is 0.598. The van der Waals surface area contributed by atoms with Crippen LogP contribution in [0.15, 0.2) is 61.2 Å². The van der Waals surface area contributed by atoms with Gasteiger partial charge < -0.3 is 10.1 Å². The van der Waals surface area contributed by atoms with E-state index in [0.717, 1.165) is 25.1 Å². The van der Waals surface area contributed by atoms with E-state index in [0.29, 0.717) is 6.61 Å². The highest BCUT2D eigenvalue weighted by atomic mass is 16.5. The van der Waals surface area contributed by atoms with Crippen LogP contribution in [0.3, 0.4) is 0 Å². The molecule has 0 atom stereocenters. The molecule has 0 aliphatic heterocycles. The molecule has 2 heteroatoms. The Hall–Kier alpha value is -2.06. The maximum atomic E-state index is 5.94. The number of hydrogen-bond acceptors (Lipinski definition) is 2. The van der Waals surface area contributed by atoms with Crippen molar-refractivity contribution in [1.82, 2.24) is 5.32 Å². The molecule has 0 radical (unpaired) electrons. The number of allylic oxidation sites excluding steroid dienone is 1. The average Bonchev–Trinajstić information content (AvgIpc) is 2.53. The zero-order chi connectivity index (χ0) is 14.9. The minimum absolute atomic E-state index is 0.598. The molecule has 1 N–H and O–H groups in total. The van der Waals surface area contributed by atoms with Crippen LogP contribution in [0.4, 0.5) is 0 Å². The third-order valence-corrected chi connectivity index (χ3v) is 3.42. The van der Waals surface area contributed by atoms with Gasteiger partial charge in [0.15, 0.2) is 0 Å². The Kier molecular flexibility index (Phi) is 6.04. The Morgan fingerprint density at radius 3 is 2.48 bits per heavy atom. The van der Waals surface area contributed by atoms with Crippen molar-refractivity contribution < 1.29 is 4.74 Å². The molecular weight excluding hydrogens is 258 g/mol. The summed E-state index contributed by atoms with van der Waals surface area (Å²) in [7, 11) is 1.98. The van der Waals surface area contributed by atoms with Crippen molar-refractivity contribution in [3.8, 4) is 5.75 Å². The predicted octanol–water partition coefficient (Wildman–Crippen LogP) is 3.76.